The number of urea groups is 1. The van der Waals surface area contributed by atoms with Gasteiger partial charge >= 0.3 is 12.0 Å². The minimum absolute atomic E-state index is 0.130. The lowest BCUT2D eigenvalue weighted by atomic mass is 9.94. The Morgan fingerprint density at radius 1 is 1.08 bits per heavy atom. The molecule has 10 heteroatoms. The molecule has 37 heavy (non-hydrogen) atoms. The first-order chi connectivity index (χ1) is 17.8. The van der Waals surface area contributed by atoms with E-state index in [1.165, 1.54) is 17.0 Å². The van der Waals surface area contributed by atoms with Gasteiger partial charge in [-0.3, -0.25) is 14.6 Å². The first-order valence-electron chi connectivity index (χ1n) is 12.3. The fourth-order valence-corrected chi connectivity index (χ4v) is 4.94. The Morgan fingerprint density at radius 2 is 1.81 bits per heavy atom. The molecule has 1 atom stereocenters. The maximum Gasteiger partial charge on any atom is 0.338 e. The molecule has 4 rings (SSSR count). The van der Waals surface area contributed by atoms with E-state index in [0.717, 1.165) is 0 Å². The van der Waals surface area contributed by atoms with Crippen molar-refractivity contribution in [2.75, 3.05) is 45.9 Å². The number of amides is 3. The number of carbonyl (C=O) groups excluding carboxylic acids is 3. The van der Waals surface area contributed by atoms with Crippen molar-refractivity contribution in [3.63, 3.8) is 0 Å². The molecule has 1 unspecified atom stereocenters. The summed E-state index contributed by atoms with van der Waals surface area (Å²) in [7, 11) is 0. The van der Waals surface area contributed by atoms with Crippen LogP contribution in [0, 0.1) is 5.82 Å². The number of hydrogen-bond acceptors (Lipinski definition) is 5. The van der Waals surface area contributed by atoms with Crippen molar-refractivity contribution in [2.24, 2.45) is 0 Å². The summed E-state index contributed by atoms with van der Waals surface area (Å²) in [6.45, 7) is 6.36. The number of likely N-dealkylation sites (N-methyl/N-ethyl adjacent to an activating group) is 1. The van der Waals surface area contributed by atoms with Gasteiger partial charge in [0, 0.05) is 45.0 Å². The second kappa shape index (κ2) is 11.7. The van der Waals surface area contributed by atoms with Crippen molar-refractivity contribution in [1.82, 2.24) is 20.0 Å². The van der Waals surface area contributed by atoms with Crippen LogP contribution in [0.1, 0.15) is 35.8 Å². The third-order valence-electron chi connectivity index (χ3n) is 6.57. The van der Waals surface area contributed by atoms with E-state index in [0.29, 0.717) is 61.1 Å². The second-order valence-corrected chi connectivity index (χ2v) is 9.22. The lowest BCUT2D eigenvalue weighted by molar-refractivity contribution is -0.139. The molecule has 1 N–H and O–H groups in total. The molecule has 2 aliphatic heterocycles. The van der Waals surface area contributed by atoms with Gasteiger partial charge in [0.25, 0.3) is 5.91 Å². The zero-order chi connectivity index (χ0) is 26.5. The average Bonchev–Trinajstić information content (AvgIpc) is 2.89. The molecule has 1 saturated heterocycles. The third kappa shape index (κ3) is 5.78. The van der Waals surface area contributed by atoms with Crippen LogP contribution in [-0.2, 0) is 9.53 Å². The number of ether oxygens (including phenoxy) is 1. The number of halogens is 2. The Labute approximate surface area is 220 Å². The molecule has 0 saturated carbocycles. The van der Waals surface area contributed by atoms with Crippen LogP contribution in [0.5, 0.6) is 0 Å². The summed E-state index contributed by atoms with van der Waals surface area (Å²) in [6.07, 6.45) is 0. The summed E-state index contributed by atoms with van der Waals surface area (Å²) in [6, 6.07) is 11.6. The van der Waals surface area contributed by atoms with Gasteiger partial charge in [-0.15, -0.1) is 0 Å². The number of nitrogens with one attached hydrogen (secondary N) is 1. The largest absolute Gasteiger partial charge is 0.463 e. The van der Waals surface area contributed by atoms with Crippen molar-refractivity contribution >= 4 is 29.5 Å². The molecular formula is C27H30ClFN4O4. The van der Waals surface area contributed by atoms with E-state index in [2.05, 4.69) is 10.2 Å². The van der Waals surface area contributed by atoms with Crippen molar-refractivity contribution in [3.05, 3.63) is 81.8 Å². The van der Waals surface area contributed by atoms with Crippen LogP contribution >= 0.6 is 11.6 Å². The fourth-order valence-electron chi connectivity index (χ4n) is 4.72. The molecule has 0 bridgehead atoms. The maximum absolute atomic E-state index is 14.1. The Kier molecular flexibility index (Phi) is 8.45. The van der Waals surface area contributed by atoms with E-state index >= 15 is 0 Å². The molecule has 8 nitrogen and oxygen atoms in total. The second-order valence-electron chi connectivity index (χ2n) is 8.81. The normalized spacial score (nSPS) is 18.6. The Hall–Kier alpha value is -3.43. The molecule has 2 aliphatic rings. The molecule has 0 spiro atoms. The Morgan fingerprint density at radius 3 is 2.46 bits per heavy atom. The minimum Gasteiger partial charge on any atom is -0.463 e. The highest BCUT2D eigenvalue weighted by Crippen LogP contribution is 2.32. The molecule has 0 aliphatic carbocycles. The summed E-state index contributed by atoms with van der Waals surface area (Å²) in [5.41, 5.74) is 1.72. The van der Waals surface area contributed by atoms with Gasteiger partial charge in [0.05, 0.1) is 28.8 Å². The molecule has 2 aromatic carbocycles. The van der Waals surface area contributed by atoms with E-state index in [1.54, 1.807) is 48.2 Å². The van der Waals surface area contributed by atoms with Gasteiger partial charge < -0.3 is 15.0 Å². The number of esters is 1. The quantitative estimate of drug-likeness (QED) is 0.552. The van der Waals surface area contributed by atoms with Gasteiger partial charge in [0.1, 0.15) is 5.82 Å². The van der Waals surface area contributed by atoms with Crippen LogP contribution in [0.2, 0.25) is 5.02 Å². The molecular weight excluding hydrogens is 499 g/mol. The first-order valence-corrected chi connectivity index (χ1v) is 12.7. The van der Waals surface area contributed by atoms with Crippen molar-refractivity contribution in [3.8, 4) is 0 Å². The Bertz CT molecular complexity index is 1210. The highest BCUT2D eigenvalue weighted by molar-refractivity contribution is 6.33. The lowest BCUT2D eigenvalue weighted by Gasteiger charge is -2.40. The number of nitrogens with zero attached hydrogens (tertiary/aromatic N) is 3. The monoisotopic (exact) mass is 528 g/mol. The van der Waals surface area contributed by atoms with Gasteiger partial charge in [0.2, 0.25) is 0 Å². The molecule has 2 heterocycles. The third-order valence-corrected chi connectivity index (χ3v) is 6.90. The first kappa shape index (κ1) is 26.6. The zero-order valence-corrected chi connectivity index (χ0v) is 21.6. The summed E-state index contributed by atoms with van der Waals surface area (Å²) >= 11 is 6.21. The number of carbonyl (C=O) groups is 3. The SMILES string of the molecule is CCOC(=O)C1=C(CN2CCN(C(=O)c3ccccc3Cl)CC2)N(CC)C(=O)NC1c1cccc(F)c1. The number of hydrogen-bond donors (Lipinski definition) is 1. The van der Waals surface area contributed by atoms with E-state index < -0.39 is 17.8 Å². The number of benzene rings is 2. The fraction of sp³-hybridized carbons (Fsp3) is 0.370. The summed E-state index contributed by atoms with van der Waals surface area (Å²) in [5.74, 6) is -1.15. The van der Waals surface area contributed by atoms with E-state index in [9.17, 15) is 18.8 Å². The van der Waals surface area contributed by atoms with Crippen molar-refractivity contribution < 1.29 is 23.5 Å². The Balaban J connectivity index is 1.60. The van der Waals surface area contributed by atoms with Crippen LogP contribution in [0.4, 0.5) is 9.18 Å². The summed E-state index contributed by atoms with van der Waals surface area (Å²) in [4.78, 5) is 44.6. The lowest BCUT2D eigenvalue weighted by Crippen LogP contribution is -2.53. The van der Waals surface area contributed by atoms with Gasteiger partial charge in [-0.05, 0) is 43.7 Å². The molecule has 1 fully saturated rings. The van der Waals surface area contributed by atoms with E-state index in [-0.39, 0.29) is 24.1 Å². The van der Waals surface area contributed by atoms with Crippen LogP contribution in [0.15, 0.2) is 59.8 Å². The number of rotatable bonds is 7. The van der Waals surface area contributed by atoms with Gasteiger partial charge in [0.15, 0.2) is 0 Å². The van der Waals surface area contributed by atoms with E-state index in [4.69, 9.17) is 16.3 Å². The predicted octanol–water partition coefficient (Wildman–Crippen LogP) is 3.84. The summed E-state index contributed by atoms with van der Waals surface area (Å²) < 4.78 is 19.4. The van der Waals surface area contributed by atoms with Crippen LogP contribution < -0.4 is 5.32 Å². The molecule has 3 amide bonds. The standard InChI is InChI=1S/C27H30ClFN4O4/c1-3-33-22(17-31-12-14-32(15-13-31)25(34)20-10-5-6-11-21(20)28)23(26(35)37-4-2)24(30-27(33)36)18-8-7-9-19(29)16-18/h5-11,16,24H,3-4,12-15,17H2,1-2H3,(H,30,36). The van der Waals surface area contributed by atoms with Crippen LogP contribution in [0.25, 0.3) is 0 Å². The van der Waals surface area contributed by atoms with Crippen molar-refractivity contribution in [1.29, 1.82) is 0 Å². The molecule has 0 aromatic heterocycles. The highest BCUT2D eigenvalue weighted by atomic mass is 35.5. The zero-order valence-electron chi connectivity index (χ0n) is 20.9. The topological polar surface area (TPSA) is 82.2 Å². The number of piperazine rings is 1. The predicted molar refractivity (Wildman–Crippen MR) is 138 cm³/mol. The molecule has 2 aromatic rings. The van der Waals surface area contributed by atoms with Crippen molar-refractivity contribution in [2.45, 2.75) is 19.9 Å². The smallest absolute Gasteiger partial charge is 0.338 e. The molecule has 0 radical (unpaired) electrons. The van der Waals surface area contributed by atoms with Crippen LogP contribution in [-0.4, -0.2) is 78.5 Å². The summed E-state index contributed by atoms with van der Waals surface area (Å²) in [5, 5.41) is 3.25. The molecule has 196 valence electrons. The highest BCUT2D eigenvalue weighted by Gasteiger charge is 2.38. The minimum atomic E-state index is -0.844. The van der Waals surface area contributed by atoms with Gasteiger partial charge in [-0.2, -0.15) is 0 Å². The van der Waals surface area contributed by atoms with Gasteiger partial charge in [-0.25, -0.2) is 14.0 Å². The van der Waals surface area contributed by atoms with Gasteiger partial charge in [-0.1, -0.05) is 35.9 Å². The van der Waals surface area contributed by atoms with E-state index in [1.807, 2.05) is 6.92 Å². The maximum atomic E-state index is 14.1. The van der Waals surface area contributed by atoms with Crippen LogP contribution in [0.3, 0.4) is 0 Å². The average molecular weight is 529 g/mol.